The lowest BCUT2D eigenvalue weighted by Crippen LogP contribution is -2.58. The first kappa shape index (κ1) is 30.1. The minimum absolute atomic E-state index is 0.0238. The van der Waals surface area contributed by atoms with E-state index in [-0.39, 0.29) is 36.7 Å². The van der Waals surface area contributed by atoms with Crippen molar-refractivity contribution in [1.29, 1.82) is 0 Å². The minimum atomic E-state index is -2.17. The molecule has 218 valence electrons. The maximum Gasteiger partial charge on any atom is 0.410 e. The molecule has 9 nitrogen and oxygen atoms in total. The predicted molar refractivity (Wildman–Crippen MR) is 148 cm³/mol. The number of hydrogen-bond acceptors (Lipinski definition) is 8. The van der Waals surface area contributed by atoms with E-state index in [2.05, 4.69) is 33.9 Å². The van der Waals surface area contributed by atoms with Crippen LogP contribution in [0.25, 0.3) is 0 Å². The van der Waals surface area contributed by atoms with Crippen LogP contribution in [0, 0.1) is 5.92 Å². The van der Waals surface area contributed by atoms with Crippen LogP contribution in [0.3, 0.4) is 0 Å². The van der Waals surface area contributed by atoms with E-state index in [0.717, 1.165) is 5.56 Å². The number of carbonyl (C=O) groups is 2. The van der Waals surface area contributed by atoms with Gasteiger partial charge in [-0.3, -0.25) is 9.69 Å². The van der Waals surface area contributed by atoms with Crippen LogP contribution in [0.5, 0.6) is 0 Å². The molecule has 3 aliphatic heterocycles. The van der Waals surface area contributed by atoms with Gasteiger partial charge in [-0.2, -0.15) is 0 Å². The van der Waals surface area contributed by atoms with Crippen molar-refractivity contribution in [2.45, 2.75) is 115 Å². The first-order valence-electron chi connectivity index (χ1n) is 13.9. The first-order valence-corrected chi connectivity index (χ1v) is 16.8. The molecule has 1 amide bonds. The van der Waals surface area contributed by atoms with Gasteiger partial charge >= 0.3 is 6.09 Å². The third-order valence-corrected chi connectivity index (χ3v) is 12.8. The average Bonchev–Trinajstić information content (AvgIpc) is 3.45. The molecule has 2 bridgehead atoms. The van der Waals surface area contributed by atoms with Gasteiger partial charge in [0.2, 0.25) is 0 Å². The fourth-order valence-corrected chi connectivity index (χ4v) is 6.56. The second-order valence-electron chi connectivity index (χ2n) is 13.4. The highest BCUT2D eigenvalue weighted by Gasteiger charge is 2.57. The predicted octanol–water partition coefficient (Wildman–Crippen LogP) is 4.27. The molecule has 3 fully saturated rings. The van der Waals surface area contributed by atoms with E-state index >= 15 is 0 Å². The van der Waals surface area contributed by atoms with E-state index in [1.165, 1.54) is 4.90 Å². The molecule has 3 saturated heterocycles. The minimum Gasteiger partial charge on any atom is -0.444 e. The third-order valence-electron chi connectivity index (χ3n) is 8.23. The number of ketones is 1. The molecule has 3 heterocycles. The number of ether oxygens (including phenoxy) is 4. The number of aliphatic hydroxyl groups is 1. The lowest BCUT2D eigenvalue weighted by molar-refractivity contribution is -0.212. The molecule has 3 unspecified atom stereocenters. The summed E-state index contributed by atoms with van der Waals surface area (Å²) in [5.74, 6) is -1.20. The summed E-state index contributed by atoms with van der Waals surface area (Å²) in [5.41, 5.74) is 0.214. The third kappa shape index (κ3) is 6.74. The Hall–Kier alpha value is -1.82. The second kappa shape index (κ2) is 11.2. The number of benzene rings is 1. The number of nitrogens with zero attached hydrogens (tertiary/aromatic N) is 1. The summed E-state index contributed by atoms with van der Waals surface area (Å²) in [7, 11) is -2.17. The topological polar surface area (TPSA) is 104 Å². The van der Waals surface area contributed by atoms with Crippen LogP contribution >= 0.6 is 0 Å². The zero-order valence-electron chi connectivity index (χ0n) is 24.5. The molecule has 0 radical (unpaired) electrons. The van der Waals surface area contributed by atoms with Crippen molar-refractivity contribution in [2.24, 2.45) is 5.92 Å². The van der Waals surface area contributed by atoms with Gasteiger partial charge in [0, 0.05) is 6.54 Å². The number of hydrogen-bond donors (Lipinski definition) is 1. The monoisotopic (exact) mass is 563 g/mol. The summed E-state index contributed by atoms with van der Waals surface area (Å²) in [6, 6.07) is 8.91. The summed E-state index contributed by atoms with van der Waals surface area (Å²) in [6.07, 6.45) is -4.01. The number of carbonyl (C=O) groups excluding carboxylic acids is 2. The molecule has 3 aliphatic rings. The zero-order chi connectivity index (χ0) is 28.8. The van der Waals surface area contributed by atoms with Gasteiger partial charge in [-0.15, -0.1) is 0 Å². The van der Waals surface area contributed by atoms with Crippen molar-refractivity contribution in [2.75, 3.05) is 13.2 Å². The van der Waals surface area contributed by atoms with Crippen molar-refractivity contribution in [3.8, 4) is 0 Å². The van der Waals surface area contributed by atoms with Crippen molar-refractivity contribution >= 4 is 20.2 Å². The fraction of sp³-hybridized carbons (Fsp3) is 0.724. The number of aliphatic hydroxyl groups excluding tert-OH is 1. The summed E-state index contributed by atoms with van der Waals surface area (Å²) < 4.78 is 30.1. The molecule has 39 heavy (non-hydrogen) atoms. The van der Waals surface area contributed by atoms with Crippen molar-refractivity contribution < 1.29 is 38.1 Å². The van der Waals surface area contributed by atoms with Crippen molar-refractivity contribution in [3.63, 3.8) is 0 Å². The van der Waals surface area contributed by atoms with E-state index < -0.39 is 56.6 Å². The van der Waals surface area contributed by atoms with Crippen LogP contribution in [0.1, 0.15) is 53.5 Å². The quantitative estimate of drug-likeness (QED) is 0.491. The second-order valence-corrected chi connectivity index (χ2v) is 18.2. The van der Waals surface area contributed by atoms with Crippen molar-refractivity contribution in [1.82, 2.24) is 4.90 Å². The summed E-state index contributed by atoms with van der Waals surface area (Å²) >= 11 is 0. The number of amides is 1. The molecule has 10 heteroatoms. The largest absolute Gasteiger partial charge is 0.444 e. The van der Waals surface area contributed by atoms with Crippen LogP contribution in [0.4, 0.5) is 4.79 Å². The van der Waals surface area contributed by atoms with Crippen LogP contribution in [0.15, 0.2) is 30.3 Å². The van der Waals surface area contributed by atoms with Gasteiger partial charge < -0.3 is 28.5 Å². The molecule has 0 saturated carbocycles. The molecular weight excluding hydrogens is 518 g/mol. The van der Waals surface area contributed by atoms with Crippen LogP contribution < -0.4 is 0 Å². The standard InChI is InChI=1S/C29H45NO8Si/c1-28(2,3)37-27(33)30-15-19(38-39(7,8)29(4,5)6)14-20(30)23(31)22-24(32)21-17-35-26(36-21)25(22)34-16-18-12-10-9-11-13-18/h9-13,19-23,25-26,31H,14-17H2,1-8H3/t19-,20+,21?,22?,23-,25?,26+/m0/s1. The molecule has 1 aromatic rings. The van der Waals surface area contributed by atoms with Crippen molar-refractivity contribution in [3.05, 3.63) is 35.9 Å². The fourth-order valence-electron chi connectivity index (χ4n) is 5.20. The van der Waals surface area contributed by atoms with E-state index in [1.807, 2.05) is 30.3 Å². The molecule has 1 aromatic carbocycles. The Morgan fingerprint density at radius 3 is 2.44 bits per heavy atom. The summed E-state index contributed by atoms with van der Waals surface area (Å²) in [4.78, 5) is 28.4. The number of Topliss-reactive ketones (excluding diaryl/α,β-unsaturated/α-hetero) is 1. The lowest BCUT2D eigenvalue weighted by atomic mass is 9.82. The van der Waals surface area contributed by atoms with Gasteiger partial charge in [-0.25, -0.2) is 4.79 Å². The van der Waals surface area contributed by atoms with Gasteiger partial charge in [-0.1, -0.05) is 51.1 Å². The van der Waals surface area contributed by atoms with Crippen LogP contribution in [-0.4, -0.2) is 85.7 Å². The number of rotatable bonds is 7. The maximum atomic E-state index is 13.5. The van der Waals surface area contributed by atoms with E-state index in [0.29, 0.717) is 6.42 Å². The SMILES string of the molecule is CC(C)(C)OC(=O)N1C[C@@H](O[Si](C)(C)C(C)(C)C)C[C@@H]1[C@H](O)C1C(=O)C2CO[C@H](O2)C1OCc1ccccc1. The molecule has 0 aliphatic carbocycles. The Morgan fingerprint density at radius 2 is 1.82 bits per heavy atom. The average molecular weight is 564 g/mol. The van der Waals surface area contributed by atoms with Gasteiger partial charge in [0.05, 0.1) is 37.4 Å². The number of likely N-dealkylation sites (tertiary alicyclic amines) is 1. The molecule has 1 N–H and O–H groups in total. The Balaban J connectivity index is 1.60. The Bertz CT molecular complexity index is 1020. The summed E-state index contributed by atoms with van der Waals surface area (Å²) in [6.45, 7) is 16.9. The summed E-state index contributed by atoms with van der Waals surface area (Å²) in [5, 5.41) is 11.8. The highest BCUT2D eigenvalue weighted by atomic mass is 28.4. The van der Waals surface area contributed by atoms with Gasteiger partial charge in [0.25, 0.3) is 0 Å². The highest BCUT2D eigenvalue weighted by Crippen LogP contribution is 2.41. The number of fused-ring (bicyclic) bond motifs is 2. The molecule has 4 rings (SSSR count). The van der Waals surface area contributed by atoms with Crippen LogP contribution in [0.2, 0.25) is 18.1 Å². The van der Waals surface area contributed by atoms with Gasteiger partial charge in [0.1, 0.15) is 17.8 Å². The first-order chi connectivity index (χ1) is 18.1. The molecule has 0 spiro atoms. The van der Waals surface area contributed by atoms with E-state index in [1.54, 1.807) is 20.8 Å². The Morgan fingerprint density at radius 1 is 1.15 bits per heavy atom. The normalized spacial score (nSPS) is 30.5. The smallest absolute Gasteiger partial charge is 0.410 e. The molecule has 7 atom stereocenters. The van der Waals surface area contributed by atoms with Gasteiger partial charge in [0.15, 0.2) is 20.4 Å². The lowest BCUT2D eigenvalue weighted by Gasteiger charge is -2.40. The maximum absolute atomic E-state index is 13.5. The van der Waals surface area contributed by atoms with Gasteiger partial charge in [-0.05, 0) is 50.9 Å². The molecular formula is C29H45NO8Si. The highest BCUT2D eigenvalue weighted by molar-refractivity contribution is 6.74. The molecule has 0 aromatic heterocycles. The van der Waals surface area contributed by atoms with E-state index in [4.69, 9.17) is 23.4 Å². The Labute approximate surface area is 233 Å². The van der Waals surface area contributed by atoms with E-state index in [9.17, 15) is 14.7 Å². The Kier molecular flexibility index (Phi) is 8.67. The van der Waals surface area contributed by atoms with Crippen LogP contribution in [-0.2, 0) is 34.8 Å². The zero-order valence-corrected chi connectivity index (χ0v) is 25.5.